The minimum absolute atomic E-state index is 0.210. The third-order valence-electron chi connectivity index (χ3n) is 3.88. The zero-order valence-corrected chi connectivity index (χ0v) is 11.5. The highest BCUT2D eigenvalue weighted by Crippen LogP contribution is 2.22. The van der Waals surface area contributed by atoms with Gasteiger partial charge in [-0.3, -0.25) is 5.43 Å². The van der Waals surface area contributed by atoms with Gasteiger partial charge in [0.2, 0.25) is 17.8 Å². The molecule has 20 heavy (non-hydrogen) atoms. The number of aromatic nitrogens is 3. The van der Waals surface area contributed by atoms with Gasteiger partial charge in [0.05, 0.1) is 6.10 Å². The minimum atomic E-state index is -0.210. The Morgan fingerprint density at radius 2 is 1.50 bits per heavy atom. The van der Waals surface area contributed by atoms with Crippen LogP contribution >= 0.6 is 0 Å². The van der Waals surface area contributed by atoms with Gasteiger partial charge in [0, 0.05) is 26.2 Å². The molecule has 0 aliphatic carbocycles. The molecule has 1 aromatic heterocycles. The largest absolute Gasteiger partial charge is 0.393 e. The van der Waals surface area contributed by atoms with Crippen LogP contribution < -0.4 is 21.1 Å². The van der Waals surface area contributed by atoms with E-state index in [9.17, 15) is 5.11 Å². The first-order valence-corrected chi connectivity index (χ1v) is 7.17. The van der Waals surface area contributed by atoms with Crippen molar-refractivity contribution in [2.24, 2.45) is 5.84 Å². The number of aliphatic hydroxyl groups is 1. The maximum absolute atomic E-state index is 9.58. The topological polar surface area (TPSA) is 103 Å². The average Bonchev–Trinajstić information content (AvgIpc) is 3.02. The first-order valence-electron chi connectivity index (χ1n) is 7.17. The van der Waals surface area contributed by atoms with E-state index in [1.807, 2.05) is 0 Å². The third-order valence-corrected chi connectivity index (χ3v) is 3.88. The van der Waals surface area contributed by atoms with Crippen molar-refractivity contribution in [2.75, 3.05) is 41.4 Å². The van der Waals surface area contributed by atoms with Crippen molar-refractivity contribution in [3.63, 3.8) is 0 Å². The maximum Gasteiger partial charge on any atom is 0.243 e. The van der Waals surface area contributed by atoms with Gasteiger partial charge < -0.3 is 14.9 Å². The Hall–Kier alpha value is -1.67. The molecule has 2 fully saturated rings. The van der Waals surface area contributed by atoms with Crippen LogP contribution in [0.2, 0.25) is 0 Å². The number of anilines is 3. The molecule has 0 unspecified atom stereocenters. The van der Waals surface area contributed by atoms with Crippen LogP contribution in [-0.4, -0.2) is 52.3 Å². The standard InChI is InChI=1S/C12H21N7O/c13-17-10-14-11(18-5-1-2-6-18)16-12(15-10)19-7-3-9(20)4-8-19/h9,20H,1-8,13H2,(H,14,15,16,17). The van der Waals surface area contributed by atoms with Crippen molar-refractivity contribution < 1.29 is 5.11 Å². The molecular weight excluding hydrogens is 258 g/mol. The van der Waals surface area contributed by atoms with Crippen molar-refractivity contribution in [3.8, 4) is 0 Å². The summed E-state index contributed by atoms with van der Waals surface area (Å²) < 4.78 is 0. The molecule has 0 radical (unpaired) electrons. The smallest absolute Gasteiger partial charge is 0.243 e. The van der Waals surface area contributed by atoms with Crippen LogP contribution in [0.4, 0.5) is 17.8 Å². The van der Waals surface area contributed by atoms with Gasteiger partial charge in [-0.25, -0.2) is 5.84 Å². The third kappa shape index (κ3) is 2.75. The molecule has 110 valence electrons. The lowest BCUT2D eigenvalue weighted by atomic mass is 10.1. The lowest BCUT2D eigenvalue weighted by Crippen LogP contribution is -2.37. The summed E-state index contributed by atoms with van der Waals surface area (Å²) in [5.41, 5.74) is 2.51. The van der Waals surface area contributed by atoms with Crippen LogP contribution in [0.1, 0.15) is 25.7 Å². The predicted molar refractivity (Wildman–Crippen MR) is 76.5 cm³/mol. The van der Waals surface area contributed by atoms with Crippen LogP contribution in [0.15, 0.2) is 0 Å². The van der Waals surface area contributed by atoms with Gasteiger partial charge in [0.1, 0.15) is 0 Å². The molecule has 0 saturated carbocycles. The predicted octanol–water partition coefficient (Wildman–Crippen LogP) is -0.282. The number of hydrogen-bond acceptors (Lipinski definition) is 8. The zero-order valence-electron chi connectivity index (χ0n) is 11.5. The summed E-state index contributed by atoms with van der Waals surface area (Å²) in [5, 5.41) is 9.58. The van der Waals surface area contributed by atoms with Crippen LogP contribution in [0.25, 0.3) is 0 Å². The van der Waals surface area contributed by atoms with Gasteiger partial charge in [0.15, 0.2) is 0 Å². The van der Waals surface area contributed by atoms with E-state index in [0.717, 1.165) is 39.0 Å². The van der Waals surface area contributed by atoms with Crippen molar-refractivity contribution >= 4 is 17.8 Å². The second-order valence-electron chi connectivity index (χ2n) is 5.32. The van der Waals surface area contributed by atoms with E-state index in [-0.39, 0.29) is 6.10 Å². The number of nitrogen functional groups attached to an aromatic ring is 1. The Bertz CT molecular complexity index is 455. The number of nitrogens with two attached hydrogens (primary N) is 1. The summed E-state index contributed by atoms with van der Waals surface area (Å²) in [7, 11) is 0. The lowest BCUT2D eigenvalue weighted by Gasteiger charge is -2.30. The first kappa shape index (κ1) is 13.3. The molecule has 2 aliphatic heterocycles. The Labute approximate surface area is 118 Å². The summed E-state index contributed by atoms with van der Waals surface area (Å²) in [5.74, 6) is 7.18. The Kier molecular flexibility index (Phi) is 3.83. The Morgan fingerprint density at radius 1 is 0.950 bits per heavy atom. The highest BCUT2D eigenvalue weighted by Gasteiger charge is 2.22. The fraction of sp³-hybridized carbons (Fsp3) is 0.750. The fourth-order valence-electron chi connectivity index (χ4n) is 2.68. The molecule has 0 amide bonds. The van der Waals surface area contributed by atoms with Crippen LogP contribution in [0.3, 0.4) is 0 Å². The van der Waals surface area contributed by atoms with E-state index in [0.29, 0.717) is 17.8 Å². The molecule has 8 nitrogen and oxygen atoms in total. The molecule has 0 bridgehead atoms. The van der Waals surface area contributed by atoms with E-state index < -0.39 is 0 Å². The summed E-state index contributed by atoms with van der Waals surface area (Å²) >= 11 is 0. The van der Waals surface area contributed by atoms with E-state index in [4.69, 9.17) is 5.84 Å². The van der Waals surface area contributed by atoms with Gasteiger partial charge in [-0.1, -0.05) is 0 Å². The lowest BCUT2D eigenvalue weighted by molar-refractivity contribution is 0.145. The van der Waals surface area contributed by atoms with Gasteiger partial charge in [-0.2, -0.15) is 15.0 Å². The van der Waals surface area contributed by atoms with Gasteiger partial charge in [0.25, 0.3) is 0 Å². The monoisotopic (exact) mass is 279 g/mol. The van der Waals surface area contributed by atoms with E-state index >= 15 is 0 Å². The number of hydrogen-bond donors (Lipinski definition) is 3. The van der Waals surface area contributed by atoms with Crippen molar-refractivity contribution in [1.82, 2.24) is 15.0 Å². The molecule has 0 atom stereocenters. The van der Waals surface area contributed by atoms with E-state index in [1.54, 1.807) is 0 Å². The van der Waals surface area contributed by atoms with Crippen molar-refractivity contribution in [1.29, 1.82) is 0 Å². The quantitative estimate of drug-likeness (QED) is 0.512. The molecule has 3 rings (SSSR count). The van der Waals surface area contributed by atoms with Crippen LogP contribution in [0.5, 0.6) is 0 Å². The summed E-state index contributed by atoms with van der Waals surface area (Å²) in [6, 6.07) is 0. The van der Waals surface area contributed by atoms with Crippen molar-refractivity contribution in [2.45, 2.75) is 31.8 Å². The first-order chi connectivity index (χ1) is 9.76. The molecule has 2 saturated heterocycles. The molecule has 0 spiro atoms. The zero-order chi connectivity index (χ0) is 13.9. The van der Waals surface area contributed by atoms with Crippen LogP contribution in [-0.2, 0) is 0 Å². The molecule has 1 aromatic rings. The number of rotatable bonds is 3. The molecule has 8 heteroatoms. The molecular formula is C12H21N7O. The SMILES string of the molecule is NNc1nc(N2CCCC2)nc(N2CCC(O)CC2)n1. The van der Waals surface area contributed by atoms with Gasteiger partial charge in [-0.05, 0) is 25.7 Å². The number of hydrazine groups is 1. The average molecular weight is 279 g/mol. The molecule has 0 aromatic carbocycles. The Morgan fingerprint density at radius 3 is 2.05 bits per heavy atom. The summed E-state index contributed by atoms with van der Waals surface area (Å²) in [4.78, 5) is 17.5. The van der Waals surface area contributed by atoms with Crippen molar-refractivity contribution in [3.05, 3.63) is 0 Å². The summed E-state index contributed by atoms with van der Waals surface area (Å²) in [6.07, 6.45) is 3.62. The second kappa shape index (κ2) is 5.76. The van der Waals surface area contributed by atoms with Crippen LogP contribution in [0, 0.1) is 0 Å². The van der Waals surface area contributed by atoms with Gasteiger partial charge >= 0.3 is 0 Å². The Balaban J connectivity index is 1.83. The maximum atomic E-state index is 9.58. The molecule has 4 N–H and O–H groups in total. The molecule has 3 heterocycles. The number of nitrogens with zero attached hydrogens (tertiary/aromatic N) is 5. The second-order valence-corrected chi connectivity index (χ2v) is 5.32. The summed E-state index contributed by atoms with van der Waals surface area (Å²) in [6.45, 7) is 3.47. The highest BCUT2D eigenvalue weighted by atomic mass is 16.3. The van der Waals surface area contributed by atoms with E-state index in [2.05, 4.69) is 30.2 Å². The number of piperidine rings is 1. The fourth-order valence-corrected chi connectivity index (χ4v) is 2.68. The van der Waals surface area contributed by atoms with Gasteiger partial charge in [-0.15, -0.1) is 0 Å². The molecule has 2 aliphatic rings. The number of aliphatic hydroxyl groups excluding tert-OH is 1. The highest BCUT2D eigenvalue weighted by molar-refractivity contribution is 5.45. The van der Waals surface area contributed by atoms with E-state index in [1.165, 1.54) is 12.8 Å². The number of nitrogens with one attached hydrogen (secondary N) is 1. The normalized spacial score (nSPS) is 20.5. The minimum Gasteiger partial charge on any atom is -0.393 e.